The van der Waals surface area contributed by atoms with Crippen LogP contribution in [0.25, 0.3) is 11.1 Å². The summed E-state index contributed by atoms with van der Waals surface area (Å²) in [5, 5.41) is 2.65. The van der Waals surface area contributed by atoms with Crippen LogP contribution in [0.4, 0.5) is 5.69 Å². The van der Waals surface area contributed by atoms with Crippen molar-refractivity contribution in [1.82, 2.24) is 19.3 Å². The Kier molecular flexibility index (Phi) is 6.06. The van der Waals surface area contributed by atoms with Crippen LogP contribution >= 0.6 is 0 Å². The number of anilines is 1. The van der Waals surface area contributed by atoms with Gasteiger partial charge in [-0.05, 0) is 54.8 Å². The molecule has 4 rings (SSSR count). The maximum absolute atomic E-state index is 13.3. The molecule has 1 fully saturated rings. The number of nitrogens with zero attached hydrogens (tertiary/aromatic N) is 4. The van der Waals surface area contributed by atoms with E-state index < -0.39 is 10.0 Å². The van der Waals surface area contributed by atoms with Crippen molar-refractivity contribution in [3.8, 4) is 11.1 Å². The molecule has 3 heterocycles. The quantitative estimate of drug-likeness (QED) is 0.658. The minimum atomic E-state index is -3.66. The van der Waals surface area contributed by atoms with Crippen molar-refractivity contribution in [2.24, 2.45) is 0 Å². The molecule has 1 aromatic carbocycles. The van der Waals surface area contributed by atoms with Crippen LogP contribution in [0, 0.1) is 0 Å². The molecule has 8 nitrogen and oxygen atoms in total. The average Bonchev–Trinajstić information content (AvgIpc) is 2.80. The number of piperidine rings is 1. The maximum Gasteiger partial charge on any atom is 0.243 e. The Morgan fingerprint density at radius 2 is 1.84 bits per heavy atom. The predicted octanol–water partition coefficient (Wildman–Crippen LogP) is 3.07. The zero-order chi connectivity index (χ0) is 21.8. The van der Waals surface area contributed by atoms with Gasteiger partial charge in [0.25, 0.3) is 0 Å². The first-order chi connectivity index (χ1) is 14.9. The van der Waals surface area contributed by atoms with Crippen LogP contribution in [0.3, 0.4) is 0 Å². The van der Waals surface area contributed by atoms with Gasteiger partial charge in [0, 0.05) is 55.8 Å². The van der Waals surface area contributed by atoms with Crippen molar-refractivity contribution in [2.75, 3.05) is 18.4 Å². The Morgan fingerprint density at radius 3 is 2.55 bits per heavy atom. The summed E-state index contributed by atoms with van der Waals surface area (Å²) in [7, 11) is -3.66. The van der Waals surface area contributed by atoms with Crippen molar-refractivity contribution in [3.63, 3.8) is 0 Å². The first kappa shape index (κ1) is 21.1. The highest BCUT2D eigenvalue weighted by Gasteiger charge is 2.32. The number of carbonyl (C=O) groups is 1. The molecule has 1 saturated heterocycles. The highest BCUT2D eigenvalue weighted by Crippen LogP contribution is 2.34. The first-order valence-electron chi connectivity index (χ1n) is 10.0. The van der Waals surface area contributed by atoms with Gasteiger partial charge in [-0.3, -0.25) is 9.78 Å². The van der Waals surface area contributed by atoms with E-state index in [1.165, 1.54) is 29.7 Å². The minimum absolute atomic E-state index is 0.0339. The van der Waals surface area contributed by atoms with E-state index in [0.717, 1.165) is 29.7 Å². The summed E-state index contributed by atoms with van der Waals surface area (Å²) in [6.45, 7) is 2.22. The van der Waals surface area contributed by atoms with Crippen molar-refractivity contribution in [2.45, 2.75) is 30.6 Å². The number of pyridine rings is 1. The van der Waals surface area contributed by atoms with Gasteiger partial charge in [-0.25, -0.2) is 18.4 Å². The number of nitrogens with one attached hydrogen (secondary N) is 1. The predicted molar refractivity (Wildman–Crippen MR) is 117 cm³/mol. The van der Waals surface area contributed by atoms with E-state index in [4.69, 9.17) is 0 Å². The topological polar surface area (TPSA) is 105 Å². The highest BCUT2D eigenvalue weighted by molar-refractivity contribution is 7.89. The lowest BCUT2D eigenvalue weighted by atomic mass is 9.91. The van der Waals surface area contributed by atoms with E-state index in [0.29, 0.717) is 18.8 Å². The van der Waals surface area contributed by atoms with Crippen LogP contribution in [0.15, 0.2) is 66.2 Å². The lowest BCUT2D eigenvalue weighted by Crippen LogP contribution is -2.39. The second-order valence-corrected chi connectivity index (χ2v) is 9.40. The fourth-order valence-corrected chi connectivity index (χ4v) is 5.39. The second-order valence-electron chi connectivity index (χ2n) is 7.47. The number of hydrogen-bond acceptors (Lipinski definition) is 6. The summed E-state index contributed by atoms with van der Waals surface area (Å²) in [6, 6.07) is 10.0. The van der Waals surface area contributed by atoms with Crippen LogP contribution in [-0.2, 0) is 14.8 Å². The minimum Gasteiger partial charge on any atom is -0.326 e. The molecular weight excluding hydrogens is 414 g/mol. The number of sulfonamides is 1. The Morgan fingerprint density at radius 1 is 1.10 bits per heavy atom. The monoisotopic (exact) mass is 437 g/mol. The number of rotatable bonds is 5. The second kappa shape index (κ2) is 8.91. The summed E-state index contributed by atoms with van der Waals surface area (Å²) in [6.07, 6.45) is 8.30. The Balaban J connectivity index is 1.59. The molecular formula is C22H23N5O3S. The largest absolute Gasteiger partial charge is 0.326 e. The van der Waals surface area contributed by atoms with Crippen LogP contribution in [0.5, 0.6) is 0 Å². The van der Waals surface area contributed by atoms with Gasteiger partial charge in [0.2, 0.25) is 15.9 Å². The lowest BCUT2D eigenvalue weighted by Gasteiger charge is -2.32. The van der Waals surface area contributed by atoms with E-state index in [1.807, 2.05) is 12.1 Å². The highest BCUT2D eigenvalue weighted by atomic mass is 32.2. The van der Waals surface area contributed by atoms with E-state index >= 15 is 0 Å². The van der Waals surface area contributed by atoms with E-state index in [1.54, 1.807) is 30.7 Å². The molecule has 3 aromatic rings. The van der Waals surface area contributed by atoms with Gasteiger partial charge in [0.1, 0.15) is 6.33 Å². The fourth-order valence-electron chi connectivity index (χ4n) is 3.86. The third kappa shape index (κ3) is 4.62. The Labute approximate surface area is 181 Å². The standard InChI is InChI=1S/C22H23N5O3S/c1-16(28)26-19-4-6-20(7-5-19)31(29,30)27-12-2-3-18(14-27)22-21(13-24-15-25-22)17-8-10-23-11-9-17/h4-11,13,15,18H,2-3,12,14H2,1H3,(H,26,28)/t18-/m0/s1. The molecule has 160 valence electrons. The molecule has 0 radical (unpaired) electrons. The van der Waals surface area contributed by atoms with Crippen molar-refractivity contribution in [3.05, 3.63) is 67.0 Å². The van der Waals surface area contributed by atoms with Crippen molar-refractivity contribution in [1.29, 1.82) is 0 Å². The molecule has 1 aliphatic heterocycles. The van der Waals surface area contributed by atoms with Crippen molar-refractivity contribution < 1.29 is 13.2 Å². The maximum atomic E-state index is 13.3. The molecule has 0 bridgehead atoms. The fraction of sp³-hybridized carbons (Fsp3) is 0.273. The summed E-state index contributed by atoms with van der Waals surface area (Å²) in [4.78, 5) is 24.1. The normalized spacial score (nSPS) is 17.3. The SMILES string of the molecule is CC(=O)Nc1ccc(S(=O)(=O)N2CCC[C@H](c3ncncc3-c3ccncc3)C2)cc1. The van der Waals surface area contributed by atoms with Gasteiger partial charge in [-0.2, -0.15) is 4.31 Å². The number of hydrogen-bond donors (Lipinski definition) is 1. The summed E-state index contributed by atoms with van der Waals surface area (Å²) >= 11 is 0. The third-order valence-corrected chi connectivity index (χ3v) is 7.20. The molecule has 1 N–H and O–H groups in total. The molecule has 0 spiro atoms. The molecule has 0 unspecified atom stereocenters. The molecule has 2 aromatic heterocycles. The van der Waals surface area contributed by atoms with E-state index in [2.05, 4.69) is 20.3 Å². The van der Waals surface area contributed by atoms with Gasteiger partial charge < -0.3 is 5.32 Å². The Bertz CT molecular complexity index is 1170. The summed E-state index contributed by atoms with van der Waals surface area (Å²) < 4.78 is 28.0. The average molecular weight is 438 g/mol. The molecule has 0 aliphatic carbocycles. The molecule has 31 heavy (non-hydrogen) atoms. The molecule has 1 atom stereocenters. The van der Waals surface area contributed by atoms with Gasteiger partial charge in [0.15, 0.2) is 0 Å². The number of amides is 1. The molecule has 0 saturated carbocycles. The smallest absolute Gasteiger partial charge is 0.243 e. The lowest BCUT2D eigenvalue weighted by molar-refractivity contribution is -0.114. The van der Waals surface area contributed by atoms with Crippen LogP contribution in [0.2, 0.25) is 0 Å². The first-order valence-corrected chi connectivity index (χ1v) is 11.5. The van der Waals surface area contributed by atoms with Gasteiger partial charge in [-0.15, -0.1) is 0 Å². The van der Waals surface area contributed by atoms with E-state index in [-0.39, 0.29) is 16.7 Å². The van der Waals surface area contributed by atoms with Crippen molar-refractivity contribution >= 4 is 21.6 Å². The molecule has 9 heteroatoms. The summed E-state index contributed by atoms with van der Waals surface area (Å²) in [5.41, 5.74) is 3.26. The zero-order valence-electron chi connectivity index (χ0n) is 17.1. The van der Waals surface area contributed by atoms with Crippen LogP contribution in [0.1, 0.15) is 31.4 Å². The Hall–Kier alpha value is -3.17. The summed E-state index contributed by atoms with van der Waals surface area (Å²) in [5.74, 6) is -0.238. The third-order valence-electron chi connectivity index (χ3n) is 5.32. The van der Waals surface area contributed by atoms with Gasteiger partial charge >= 0.3 is 0 Å². The molecule has 1 amide bonds. The van der Waals surface area contributed by atoms with Gasteiger partial charge in [-0.1, -0.05) is 0 Å². The zero-order valence-corrected chi connectivity index (χ0v) is 17.9. The molecule has 1 aliphatic rings. The van der Waals surface area contributed by atoms with Gasteiger partial charge in [0.05, 0.1) is 10.6 Å². The van der Waals surface area contributed by atoms with E-state index in [9.17, 15) is 13.2 Å². The number of benzene rings is 1. The number of carbonyl (C=O) groups excluding carboxylic acids is 1. The number of aromatic nitrogens is 3. The van der Waals surface area contributed by atoms with Crippen LogP contribution < -0.4 is 5.32 Å². The van der Waals surface area contributed by atoms with Crippen LogP contribution in [-0.4, -0.2) is 46.7 Å².